The zero-order valence-corrected chi connectivity index (χ0v) is 18.4. The topological polar surface area (TPSA) is 74.1 Å². The van der Waals surface area contributed by atoms with Crippen molar-refractivity contribution in [3.8, 4) is 5.75 Å². The molecular formula is C20H20Cl2FeN4O2. The van der Waals surface area contributed by atoms with Crippen molar-refractivity contribution in [1.82, 2.24) is 4.57 Å². The van der Waals surface area contributed by atoms with Crippen LogP contribution >= 0.6 is 20.2 Å². The van der Waals surface area contributed by atoms with Gasteiger partial charge in [0.15, 0.2) is 5.75 Å². The second-order valence-corrected chi connectivity index (χ2v) is 7.64. The number of hydrogen-bond donors (Lipinski definition) is 1. The molecule has 0 saturated carbocycles. The standard InChI is InChI=1S/C20H20N4O2.2ClH.Fe/c1-15-3-5-16(6-4-15)22-13-18-9-10-19(24(18)2)14-23-17-7-11-20(12-8-17)25-26-21;;;/h3-14H,21H2,1-2H3;2*1H;/q;;;+2/p-2. The molecule has 1 heterocycles. The molecule has 0 aliphatic rings. The summed E-state index contributed by atoms with van der Waals surface area (Å²) in [7, 11) is 11.5. The minimum atomic E-state index is 0.194. The maximum atomic E-state index is 4.86. The molecule has 0 aliphatic heterocycles. The summed E-state index contributed by atoms with van der Waals surface area (Å²) < 4.78 is 2.03. The summed E-state index contributed by atoms with van der Waals surface area (Å²) in [5, 5.41) is 0. The number of aromatic nitrogens is 1. The van der Waals surface area contributed by atoms with Crippen LogP contribution in [-0.2, 0) is 25.2 Å². The van der Waals surface area contributed by atoms with Gasteiger partial charge in [0.2, 0.25) is 0 Å². The fourth-order valence-electron chi connectivity index (χ4n) is 2.36. The van der Waals surface area contributed by atoms with Gasteiger partial charge >= 0.3 is 33.3 Å². The molecule has 0 spiro atoms. The van der Waals surface area contributed by atoms with E-state index in [9.17, 15) is 0 Å². The number of halogens is 2. The average Bonchev–Trinajstić information content (AvgIpc) is 3.07. The van der Waals surface area contributed by atoms with Crippen LogP contribution in [0.4, 0.5) is 11.4 Å². The van der Waals surface area contributed by atoms with Gasteiger partial charge in [-0.25, -0.2) is 0 Å². The number of hydrogen-bond acceptors (Lipinski definition) is 5. The summed E-state index contributed by atoms with van der Waals surface area (Å²) in [4.78, 5) is 17.8. The first-order chi connectivity index (χ1) is 14.1. The van der Waals surface area contributed by atoms with Gasteiger partial charge in [0.1, 0.15) is 0 Å². The third-order valence-corrected chi connectivity index (χ3v) is 3.91. The fraction of sp³-hybridized carbons (Fsp3) is 0.100. The Morgan fingerprint density at radius 1 is 0.862 bits per heavy atom. The number of benzene rings is 2. The van der Waals surface area contributed by atoms with E-state index >= 15 is 0 Å². The first-order valence-corrected chi connectivity index (χ1v) is 11.4. The molecule has 2 N–H and O–H groups in total. The van der Waals surface area contributed by atoms with Gasteiger partial charge in [0, 0.05) is 7.05 Å². The van der Waals surface area contributed by atoms with Crippen molar-refractivity contribution in [1.29, 1.82) is 0 Å². The molecule has 0 bridgehead atoms. The molecule has 2 aromatic carbocycles. The van der Waals surface area contributed by atoms with Gasteiger partial charge in [-0.3, -0.25) is 9.98 Å². The van der Waals surface area contributed by atoms with E-state index < -0.39 is 0 Å². The predicted molar refractivity (Wildman–Crippen MR) is 115 cm³/mol. The second kappa shape index (κ2) is 12.4. The van der Waals surface area contributed by atoms with E-state index in [-0.39, 0.29) is 13.1 Å². The third kappa shape index (κ3) is 7.66. The van der Waals surface area contributed by atoms with Crippen LogP contribution in [0.15, 0.2) is 70.6 Å². The van der Waals surface area contributed by atoms with Crippen molar-refractivity contribution >= 4 is 44.0 Å². The van der Waals surface area contributed by atoms with Gasteiger partial charge in [0.05, 0.1) is 35.2 Å². The fourth-order valence-corrected chi connectivity index (χ4v) is 2.36. The van der Waals surface area contributed by atoms with Crippen LogP contribution in [0, 0.1) is 6.92 Å². The van der Waals surface area contributed by atoms with E-state index in [1.165, 1.54) is 5.56 Å². The van der Waals surface area contributed by atoms with E-state index in [0.29, 0.717) is 5.75 Å². The van der Waals surface area contributed by atoms with Gasteiger partial charge in [-0.1, -0.05) is 22.7 Å². The molecule has 0 saturated heterocycles. The van der Waals surface area contributed by atoms with Gasteiger partial charge < -0.3 is 9.45 Å². The Labute approximate surface area is 184 Å². The van der Waals surface area contributed by atoms with Crippen LogP contribution in [0.25, 0.3) is 0 Å². The molecule has 0 amide bonds. The van der Waals surface area contributed by atoms with Crippen LogP contribution < -0.4 is 10.8 Å². The molecule has 0 atom stereocenters. The van der Waals surface area contributed by atoms with E-state index in [1.807, 2.05) is 66.4 Å². The average molecular weight is 475 g/mol. The van der Waals surface area contributed by atoms with Gasteiger partial charge in [-0.05, 0) is 55.5 Å². The van der Waals surface area contributed by atoms with E-state index in [1.54, 1.807) is 18.3 Å². The van der Waals surface area contributed by atoms with Crippen LogP contribution in [0.2, 0.25) is 0 Å². The molecule has 1 aromatic heterocycles. The maximum absolute atomic E-state index is 4.86. The number of nitrogens with two attached hydrogens (primary N) is 1. The Kier molecular flexibility index (Phi) is 9.94. The van der Waals surface area contributed by atoms with Crippen molar-refractivity contribution in [3.05, 3.63) is 77.6 Å². The molecule has 0 aliphatic carbocycles. The third-order valence-electron chi connectivity index (χ3n) is 3.91. The minimum absolute atomic E-state index is 0.194. The summed E-state index contributed by atoms with van der Waals surface area (Å²) in [6.07, 6.45) is 3.65. The van der Waals surface area contributed by atoms with E-state index in [2.05, 4.69) is 21.9 Å². The summed E-state index contributed by atoms with van der Waals surface area (Å²) in [6, 6.07) is 19.2. The molecule has 29 heavy (non-hydrogen) atoms. The quantitative estimate of drug-likeness (QED) is 0.225. The Bertz CT molecular complexity index is 942. The number of aliphatic imine (C=N–C) groups is 2. The molecule has 0 unspecified atom stereocenters. The molecule has 0 fully saturated rings. The molecular weight excluding hydrogens is 455 g/mol. The van der Waals surface area contributed by atoms with E-state index in [0.717, 1.165) is 22.8 Å². The first-order valence-electron chi connectivity index (χ1n) is 8.36. The molecule has 6 nitrogen and oxygen atoms in total. The number of aryl methyl sites for hydroxylation is 1. The van der Waals surface area contributed by atoms with Crippen LogP contribution in [0.3, 0.4) is 0 Å². The Hall–Kier alpha value is -2.12. The zero-order chi connectivity index (χ0) is 21.1. The Morgan fingerprint density at radius 2 is 1.31 bits per heavy atom. The molecule has 0 radical (unpaired) electrons. The molecule has 9 heteroatoms. The molecule has 3 rings (SSSR count). The second-order valence-electron chi connectivity index (χ2n) is 5.82. The van der Waals surface area contributed by atoms with Crippen LogP contribution in [0.1, 0.15) is 17.0 Å². The Balaban J connectivity index is 0.000000941. The van der Waals surface area contributed by atoms with Crippen molar-refractivity contribution in [2.75, 3.05) is 0 Å². The molecule has 154 valence electrons. The van der Waals surface area contributed by atoms with Crippen molar-refractivity contribution in [2.24, 2.45) is 22.9 Å². The van der Waals surface area contributed by atoms with Gasteiger partial charge in [0.25, 0.3) is 0 Å². The monoisotopic (exact) mass is 474 g/mol. The van der Waals surface area contributed by atoms with Crippen molar-refractivity contribution in [2.45, 2.75) is 6.92 Å². The van der Waals surface area contributed by atoms with Gasteiger partial charge in [-0.15, -0.1) is 0 Å². The summed E-state index contributed by atoms with van der Waals surface area (Å²) in [6.45, 7) is 2.06. The van der Waals surface area contributed by atoms with E-state index in [4.69, 9.17) is 31.0 Å². The number of rotatable bonds is 6. The molecule has 3 aromatic rings. The first kappa shape index (κ1) is 23.2. The van der Waals surface area contributed by atoms with Gasteiger partial charge in [-0.2, -0.15) is 5.90 Å². The predicted octanol–water partition coefficient (Wildman–Crippen LogP) is 5.40. The van der Waals surface area contributed by atoms with Crippen molar-refractivity contribution in [3.63, 3.8) is 0 Å². The Morgan fingerprint density at radius 3 is 1.76 bits per heavy atom. The zero-order valence-electron chi connectivity index (χ0n) is 15.8. The van der Waals surface area contributed by atoms with Crippen molar-refractivity contribution < 1.29 is 23.0 Å². The normalized spacial score (nSPS) is 11.1. The summed E-state index contributed by atoms with van der Waals surface area (Å²) >= 11 is 0.194. The number of nitrogens with zero attached hydrogens (tertiary/aromatic N) is 3. The SMILES string of the molecule is Cc1ccc(N=Cc2ccc(C=Nc3ccc(OON)cc3)n2C)cc1.[Cl][Fe][Cl]. The summed E-state index contributed by atoms with van der Waals surface area (Å²) in [5.41, 5.74) is 4.91. The van der Waals surface area contributed by atoms with Crippen LogP contribution in [0.5, 0.6) is 5.75 Å². The van der Waals surface area contributed by atoms with Crippen LogP contribution in [-0.4, -0.2) is 17.0 Å². The summed E-state index contributed by atoms with van der Waals surface area (Å²) in [5.74, 6) is 5.37.